The Morgan fingerprint density at radius 2 is 2.00 bits per heavy atom. The summed E-state index contributed by atoms with van der Waals surface area (Å²) in [5, 5.41) is 2.97. The number of halogens is 2. The molecule has 1 rings (SSSR count). The predicted octanol–water partition coefficient (Wildman–Crippen LogP) is 1.60. The Morgan fingerprint density at radius 3 is 2.61 bits per heavy atom. The van der Waals surface area contributed by atoms with Crippen LogP contribution in [0, 0.1) is 0 Å². The zero-order chi connectivity index (χ0) is 13.7. The van der Waals surface area contributed by atoms with Gasteiger partial charge in [-0.2, -0.15) is 0 Å². The number of rotatable bonds is 4. The molecule has 2 amide bonds. The highest BCUT2D eigenvalue weighted by Crippen LogP contribution is 2.16. The molecule has 1 aromatic rings. The number of nitrogens with one attached hydrogen (secondary N) is 1. The van der Waals surface area contributed by atoms with Crippen LogP contribution < -0.4 is 5.32 Å². The summed E-state index contributed by atoms with van der Waals surface area (Å²) in [6.45, 7) is 0.223. The summed E-state index contributed by atoms with van der Waals surface area (Å²) in [6.07, 6.45) is 0.219. The molecule has 0 unspecified atom stereocenters. The molecule has 0 bridgehead atoms. The first-order chi connectivity index (χ1) is 8.41. The van der Waals surface area contributed by atoms with Gasteiger partial charge in [0.15, 0.2) is 0 Å². The summed E-state index contributed by atoms with van der Waals surface area (Å²) in [6, 6.07) is 2.99. The van der Waals surface area contributed by atoms with Crippen LogP contribution in [0.3, 0.4) is 0 Å². The summed E-state index contributed by atoms with van der Waals surface area (Å²) in [5.41, 5.74) is 0.0569. The van der Waals surface area contributed by atoms with Gasteiger partial charge in [-0.25, -0.2) is 4.98 Å². The molecular formula is C11H13Cl2N3O2. The number of carbonyl (C=O) groups excluding carboxylic acids is 2. The van der Waals surface area contributed by atoms with Crippen LogP contribution >= 0.6 is 23.2 Å². The zero-order valence-corrected chi connectivity index (χ0v) is 11.5. The average Bonchev–Trinajstić information content (AvgIpc) is 2.31. The molecule has 0 aliphatic rings. The Hall–Kier alpha value is -1.33. The van der Waals surface area contributed by atoms with Crippen molar-refractivity contribution < 1.29 is 9.59 Å². The molecule has 0 saturated heterocycles. The maximum Gasteiger partial charge on any atom is 0.271 e. The summed E-state index contributed by atoms with van der Waals surface area (Å²) in [4.78, 5) is 28.3. The van der Waals surface area contributed by atoms with Crippen molar-refractivity contribution in [2.45, 2.75) is 6.42 Å². The Labute approximate surface area is 115 Å². The number of carbonyl (C=O) groups is 2. The fourth-order valence-electron chi connectivity index (χ4n) is 1.17. The third-order valence-corrected chi connectivity index (χ3v) is 2.67. The fraction of sp³-hybridized carbons (Fsp3) is 0.364. The zero-order valence-electron chi connectivity index (χ0n) is 10.0. The molecule has 0 radical (unpaired) electrons. The van der Waals surface area contributed by atoms with Gasteiger partial charge in [-0.05, 0) is 12.1 Å². The second-order valence-electron chi connectivity index (χ2n) is 3.76. The van der Waals surface area contributed by atoms with E-state index in [0.29, 0.717) is 0 Å². The SMILES string of the molecule is CN(C)C(=O)CCNC(=O)c1nc(Cl)ccc1Cl. The van der Waals surface area contributed by atoms with E-state index in [0.717, 1.165) is 0 Å². The van der Waals surface area contributed by atoms with Crippen molar-refractivity contribution >= 4 is 35.0 Å². The summed E-state index contributed by atoms with van der Waals surface area (Å²) < 4.78 is 0. The first kappa shape index (κ1) is 14.7. The van der Waals surface area contributed by atoms with Crippen LogP contribution in [0.15, 0.2) is 12.1 Å². The molecule has 18 heavy (non-hydrogen) atoms. The van der Waals surface area contributed by atoms with Gasteiger partial charge in [0.05, 0.1) is 5.02 Å². The normalized spacial score (nSPS) is 10.0. The lowest BCUT2D eigenvalue weighted by Gasteiger charge is -2.10. The number of aromatic nitrogens is 1. The Bertz CT molecular complexity index is 464. The van der Waals surface area contributed by atoms with E-state index in [2.05, 4.69) is 10.3 Å². The molecule has 0 saturated carbocycles. The third-order valence-electron chi connectivity index (χ3n) is 2.15. The summed E-state index contributed by atoms with van der Waals surface area (Å²) in [7, 11) is 3.30. The van der Waals surface area contributed by atoms with Crippen LogP contribution in [-0.4, -0.2) is 42.3 Å². The van der Waals surface area contributed by atoms with Gasteiger partial charge in [0.2, 0.25) is 5.91 Å². The van der Waals surface area contributed by atoms with Gasteiger partial charge in [0.1, 0.15) is 10.8 Å². The molecule has 0 aliphatic carbocycles. The van der Waals surface area contributed by atoms with Crippen LogP contribution in [0.25, 0.3) is 0 Å². The van der Waals surface area contributed by atoms with Gasteiger partial charge in [-0.15, -0.1) is 0 Å². The predicted molar refractivity (Wildman–Crippen MR) is 69.9 cm³/mol. The number of pyridine rings is 1. The number of hydrogen-bond acceptors (Lipinski definition) is 3. The van der Waals surface area contributed by atoms with Crippen molar-refractivity contribution in [1.82, 2.24) is 15.2 Å². The van der Waals surface area contributed by atoms with E-state index in [1.54, 1.807) is 14.1 Å². The molecule has 0 atom stereocenters. The Balaban J connectivity index is 2.56. The van der Waals surface area contributed by atoms with Gasteiger partial charge < -0.3 is 10.2 Å². The van der Waals surface area contributed by atoms with Gasteiger partial charge in [0, 0.05) is 27.1 Å². The van der Waals surface area contributed by atoms with Crippen molar-refractivity contribution in [2.24, 2.45) is 0 Å². The molecule has 0 fully saturated rings. The minimum atomic E-state index is -0.450. The standard InChI is InChI=1S/C11H13Cl2N3O2/c1-16(2)9(17)5-6-14-11(18)10-7(12)3-4-8(13)15-10/h3-4H,5-6H2,1-2H3,(H,14,18). The monoisotopic (exact) mass is 289 g/mol. The quantitative estimate of drug-likeness (QED) is 0.857. The minimum Gasteiger partial charge on any atom is -0.350 e. The molecule has 98 valence electrons. The van der Waals surface area contributed by atoms with Crippen molar-refractivity contribution in [2.75, 3.05) is 20.6 Å². The maximum absolute atomic E-state index is 11.7. The van der Waals surface area contributed by atoms with E-state index in [1.165, 1.54) is 17.0 Å². The highest BCUT2D eigenvalue weighted by atomic mass is 35.5. The third kappa shape index (κ3) is 4.16. The van der Waals surface area contributed by atoms with Crippen LogP contribution in [-0.2, 0) is 4.79 Å². The topological polar surface area (TPSA) is 62.3 Å². The number of nitrogens with zero attached hydrogens (tertiary/aromatic N) is 2. The largest absolute Gasteiger partial charge is 0.350 e. The first-order valence-corrected chi connectivity index (χ1v) is 5.98. The summed E-state index contributed by atoms with van der Waals surface area (Å²) >= 11 is 11.5. The van der Waals surface area contributed by atoms with Gasteiger partial charge >= 0.3 is 0 Å². The number of hydrogen-bond donors (Lipinski definition) is 1. The first-order valence-electron chi connectivity index (χ1n) is 5.22. The Kier molecular flexibility index (Phi) is 5.37. The van der Waals surface area contributed by atoms with Crippen molar-refractivity contribution in [1.29, 1.82) is 0 Å². The molecule has 1 aromatic heterocycles. The number of amides is 2. The van der Waals surface area contributed by atoms with Crippen LogP contribution in [0.5, 0.6) is 0 Å². The lowest BCUT2D eigenvalue weighted by Crippen LogP contribution is -2.30. The van der Waals surface area contributed by atoms with E-state index in [9.17, 15) is 9.59 Å². The van der Waals surface area contributed by atoms with E-state index >= 15 is 0 Å². The van der Waals surface area contributed by atoms with E-state index in [4.69, 9.17) is 23.2 Å². The second-order valence-corrected chi connectivity index (χ2v) is 4.55. The molecule has 7 heteroatoms. The minimum absolute atomic E-state index is 0.0569. The van der Waals surface area contributed by atoms with Crippen LogP contribution in [0.2, 0.25) is 10.2 Å². The van der Waals surface area contributed by atoms with E-state index < -0.39 is 5.91 Å². The van der Waals surface area contributed by atoms with Gasteiger partial charge in [-0.1, -0.05) is 23.2 Å². The molecule has 0 spiro atoms. The van der Waals surface area contributed by atoms with Gasteiger partial charge in [0.25, 0.3) is 5.91 Å². The molecule has 5 nitrogen and oxygen atoms in total. The van der Waals surface area contributed by atoms with Crippen LogP contribution in [0.4, 0.5) is 0 Å². The summed E-state index contributed by atoms with van der Waals surface area (Å²) in [5.74, 6) is -0.519. The van der Waals surface area contributed by atoms with Crippen molar-refractivity contribution in [3.63, 3.8) is 0 Å². The average molecular weight is 290 g/mol. The van der Waals surface area contributed by atoms with E-state index in [-0.39, 0.29) is 34.7 Å². The Morgan fingerprint density at radius 1 is 1.33 bits per heavy atom. The fourth-order valence-corrected chi connectivity index (χ4v) is 1.51. The van der Waals surface area contributed by atoms with E-state index in [1.807, 2.05) is 0 Å². The van der Waals surface area contributed by atoms with Crippen molar-refractivity contribution in [3.8, 4) is 0 Å². The highest BCUT2D eigenvalue weighted by molar-refractivity contribution is 6.34. The molecule has 1 N–H and O–H groups in total. The molecule has 1 heterocycles. The van der Waals surface area contributed by atoms with Crippen molar-refractivity contribution in [3.05, 3.63) is 28.0 Å². The highest BCUT2D eigenvalue weighted by Gasteiger charge is 2.13. The molecule has 0 aromatic carbocycles. The lowest BCUT2D eigenvalue weighted by molar-refractivity contribution is -0.128. The smallest absolute Gasteiger partial charge is 0.271 e. The maximum atomic E-state index is 11.7. The lowest BCUT2D eigenvalue weighted by atomic mass is 10.3. The van der Waals surface area contributed by atoms with Gasteiger partial charge in [-0.3, -0.25) is 9.59 Å². The second kappa shape index (κ2) is 6.56. The van der Waals surface area contributed by atoms with Crippen LogP contribution in [0.1, 0.15) is 16.9 Å². The molecular weight excluding hydrogens is 277 g/mol. The molecule has 0 aliphatic heterocycles.